The molecule has 0 spiro atoms. The average molecular weight is 460 g/mol. The maximum Gasteiger partial charge on any atom is 0.211 e. The minimum absolute atomic E-state index is 0. The average Bonchev–Trinajstić information content (AvgIpc) is 2.50. The number of nitrogens with zero attached hydrogens (tertiary/aromatic N) is 2. The summed E-state index contributed by atoms with van der Waals surface area (Å²) in [7, 11) is -1.13. The third kappa shape index (κ3) is 13.8. The molecule has 0 amide bonds. The van der Waals surface area contributed by atoms with Crippen LogP contribution in [0.5, 0.6) is 0 Å². The van der Waals surface area contributed by atoms with Crippen LogP contribution in [0.2, 0.25) is 0 Å². The largest absolute Gasteiger partial charge is 0.357 e. The van der Waals surface area contributed by atoms with Crippen LogP contribution in [-0.4, -0.2) is 58.3 Å². The third-order valence-corrected chi connectivity index (χ3v) is 4.58. The van der Waals surface area contributed by atoms with E-state index in [1.54, 1.807) is 6.92 Å². The molecule has 0 saturated heterocycles. The smallest absolute Gasteiger partial charge is 0.211 e. The normalized spacial score (nSPS) is 11.7. The SMILES string of the molecule is C=CCCCCCN(C)C(=NCCNS(=O)(=O)CC)NCC.I. The predicted octanol–water partition coefficient (Wildman–Crippen LogP) is 2.19. The van der Waals surface area contributed by atoms with Gasteiger partial charge in [-0.05, 0) is 33.1 Å². The topological polar surface area (TPSA) is 73.8 Å². The van der Waals surface area contributed by atoms with E-state index >= 15 is 0 Å². The van der Waals surface area contributed by atoms with E-state index in [9.17, 15) is 8.42 Å². The Balaban J connectivity index is 0. The number of sulfonamides is 1. The highest BCUT2D eigenvalue weighted by Gasteiger charge is 2.06. The summed E-state index contributed by atoms with van der Waals surface area (Å²) in [6.07, 6.45) is 6.47. The van der Waals surface area contributed by atoms with Gasteiger partial charge in [0.15, 0.2) is 5.96 Å². The second-order valence-electron chi connectivity index (χ2n) is 5.09. The quantitative estimate of drug-likeness (QED) is 0.154. The van der Waals surface area contributed by atoms with E-state index < -0.39 is 10.0 Å². The van der Waals surface area contributed by atoms with Crippen molar-refractivity contribution in [1.29, 1.82) is 0 Å². The van der Waals surface area contributed by atoms with E-state index in [1.165, 1.54) is 12.8 Å². The molecule has 0 saturated carbocycles. The summed E-state index contributed by atoms with van der Waals surface area (Å²) >= 11 is 0. The fourth-order valence-corrected chi connectivity index (χ4v) is 2.46. The number of unbranched alkanes of at least 4 members (excludes halogenated alkanes) is 3. The van der Waals surface area contributed by atoms with Gasteiger partial charge in [0.25, 0.3) is 0 Å². The molecule has 0 aromatic carbocycles. The molecule has 0 aliphatic heterocycles. The number of guanidine groups is 1. The van der Waals surface area contributed by atoms with Crippen molar-refractivity contribution in [3.63, 3.8) is 0 Å². The summed E-state index contributed by atoms with van der Waals surface area (Å²) in [4.78, 5) is 6.54. The van der Waals surface area contributed by atoms with E-state index in [1.807, 2.05) is 20.0 Å². The molecule has 0 radical (unpaired) electrons. The summed E-state index contributed by atoms with van der Waals surface area (Å²) in [5.74, 6) is 0.920. The van der Waals surface area contributed by atoms with Crippen LogP contribution < -0.4 is 10.0 Å². The maximum atomic E-state index is 11.3. The van der Waals surface area contributed by atoms with Crippen molar-refractivity contribution >= 4 is 40.0 Å². The van der Waals surface area contributed by atoms with Gasteiger partial charge in [0.2, 0.25) is 10.0 Å². The van der Waals surface area contributed by atoms with Gasteiger partial charge in [-0.2, -0.15) is 0 Å². The lowest BCUT2D eigenvalue weighted by Gasteiger charge is -2.22. The first-order chi connectivity index (χ1) is 10.5. The molecule has 0 unspecified atom stereocenters. The Labute approximate surface area is 159 Å². The molecule has 0 atom stereocenters. The number of allylic oxidation sites excluding steroid dienone is 1. The van der Waals surface area contributed by atoms with Crippen LogP contribution in [-0.2, 0) is 10.0 Å². The zero-order valence-electron chi connectivity index (χ0n) is 14.7. The van der Waals surface area contributed by atoms with Crippen molar-refractivity contribution in [1.82, 2.24) is 14.9 Å². The van der Waals surface area contributed by atoms with Gasteiger partial charge in [-0.1, -0.05) is 12.5 Å². The lowest BCUT2D eigenvalue weighted by molar-refractivity contribution is 0.455. The van der Waals surface area contributed by atoms with Gasteiger partial charge in [-0.25, -0.2) is 13.1 Å². The van der Waals surface area contributed by atoms with Gasteiger partial charge < -0.3 is 10.2 Å². The molecular weight excluding hydrogens is 427 g/mol. The molecule has 0 bridgehead atoms. The number of hydrogen-bond acceptors (Lipinski definition) is 3. The van der Waals surface area contributed by atoms with Crippen molar-refractivity contribution in [3.05, 3.63) is 12.7 Å². The van der Waals surface area contributed by atoms with E-state index in [0.29, 0.717) is 13.1 Å². The molecule has 138 valence electrons. The molecule has 23 heavy (non-hydrogen) atoms. The van der Waals surface area contributed by atoms with Gasteiger partial charge in [0.1, 0.15) is 0 Å². The minimum Gasteiger partial charge on any atom is -0.357 e. The number of halogens is 1. The maximum absolute atomic E-state index is 11.3. The molecule has 0 heterocycles. The monoisotopic (exact) mass is 460 g/mol. The van der Waals surface area contributed by atoms with E-state index in [0.717, 1.165) is 31.9 Å². The van der Waals surface area contributed by atoms with E-state index in [2.05, 4.69) is 26.5 Å². The fraction of sp³-hybridized carbons (Fsp3) is 0.800. The van der Waals surface area contributed by atoms with Crippen LogP contribution in [0.3, 0.4) is 0 Å². The Hall–Kier alpha value is -0.350. The zero-order chi connectivity index (χ0) is 16.8. The second kappa shape index (κ2) is 15.2. The highest BCUT2D eigenvalue weighted by Crippen LogP contribution is 2.01. The number of rotatable bonds is 12. The molecule has 0 aromatic heterocycles. The molecule has 8 heteroatoms. The predicted molar refractivity (Wildman–Crippen MR) is 110 cm³/mol. The highest BCUT2D eigenvalue weighted by atomic mass is 127. The Morgan fingerprint density at radius 2 is 1.96 bits per heavy atom. The fourth-order valence-electron chi connectivity index (χ4n) is 1.86. The second-order valence-corrected chi connectivity index (χ2v) is 7.19. The first-order valence-electron chi connectivity index (χ1n) is 8.04. The number of hydrogen-bond donors (Lipinski definition) is 2. The van der Waals surface area contributed by atoms with Crippen LogP contribution in [0.4, 0.5) is 0 Å². The van der Waals surface area contributed by atoms with Gasteiger partial charge in [0, 0.05) is 26.7 Å². The minimum atomic E-state index is -3.13. The Morgan fingerprint density at radius 3 is 2.52 bits per heavy atom. The van der Waals surface area contributed by atoms with Crippen molar-refractivity contribution in [3.8, 4) is 0 Å². The van der Waals surface area contributed by atoms with Crippen molar-refractivity contribution in [2.75, 3.05) is 39.0 Å². The Kier molecular flexibility index (Phi) is 16.4. The van der Waals surface area contributed by atoms with Gasteiger partial charge in [0.05, 0.1) is 12.3 Å². The molecule has 0 aliphatic carbocycles. The summed E-state index contributed by atoms with van der Waals surface area (Å²) in [6.45, 7) is 9.86. The molecular formula is C15H33IN4O2S. The van der Waals surface area contributed by atoms with E-state index in [4.69, 9.17) is 0 Å². The molecule has 0 aliphatic rings. The molecule has 2 N–H and O–H groups in total. The standard InChI is InChI=1S/C15H32N4O2S.HI/c1-5-8-9-10-11-14-19(4)15(16-6-2)17-12-13-18-22(20,21)7-3;/h5,18H,1,6-14H2,2-4H3,(H,16,17);1H. The van der Waals surface area contributed by atoms with Crippen molar-refractivity contribution < 1.29 is 8.42 Å². The van der Waals surface area contributed by atoms with Gasteiger partial charge >= 0.3 is 0 Å². The van der Waals surface area contributed by atoms with Crippen LogP contribution in [0.15, 0.2) is 17.6 Å². The zero-order valence-corrected chi connectivity index (χ0v) is 17.8. The summed E-state index contributed by atoms with van der Waals surface area (Å²) < 4.78 is 25.2. The summed E-state index contributed by atoms with van der Waals surface area (Å²) in [5.41, 5.74) is 0. The lowest BCUT2D eigenvalue weighted by Crippen LogP contribution is -2.40. The number of nitrogens with one attached hydrogen (secondary N) is 2. The molecule has 0 rings (SSSR count). The highest BCUT2D eigenvalue weighted by molar-refractivity contribution is 14.0. The Morgan fingerprint density at radius 1 is 1.26 bits per heavy atom. The summed E-state index contributed by atoms with van der Waals surface area (Å²) in [5, 5.41) is 3.23. The van der Waals surface area contributed by atoms with Crippen LogP contribution in [0.25, 0.3) is 0 Å². The van der Waals surface area contributed by atoms with E-state index in [-0.39, 0.29) is 29.7 Å². The molecule has 0 aromatic rings. The lowest BCUT2D eigenvalue weighted by atomic mass is 10.2. The Bertz CT molecular complexity index is 427. The van der Waals surface area contributed by atoms with Crippen LogP contribution in [0.1, 0.15) is 39.5 Å². The van der Waals surface area contributed by atoms with Crippen molar-refractivity contribution in [2.45, 2.75) is 39.5 Å². The first-order valence-corrected chi connectivity index (χ1v) is 9.69. The first kappa shape index (κ1) is 24.9. The van der Waals surface area contributed by atoms with Crippen LogP contribution >= 0.6 is 24.0 Å². The van der Waals surface area contributed by atoms with Crippen LogP contribution in [0, 0.1) is 0 Å². The third-order valence-electron chi connectivity index (χ3n) is 3.17. The molecule has 6 nitrogen and oxygen atoms in total. The van der Waals surface area contributed by atoms with Crippen molar-refractivity contribution in [2.24, 2.45) is 4.99 Å². The number of aliphatic imine (C=N–C) groups is 1. The van der Waals surface area contributed by atoms with Gasteiger partial charge in [-0.3, -0.25) is 4.99 Å². The molecule has 0 fully saturated rings. The van der Waals surface area contributed by atoms with Gasteiger partial charge in [-0.15, -0.1) is 30.6 Å². The summed E-state index contributed by atoms with van der Waals surface area (Å²) in [6, 6.07) is 0.